The zero-order valence-corrected chi connectivity index (χ0v) is 30.8. The van der Waals surface area contributed by atoms with E-state index in [1.54, 1.807) is 0 Å². The summed E-state index contributed by atoms with van der Waals surface area (Å²) in [6.45, 7) is 0. The highest BCUT2D eigenvalue weighted by atomic mass is 16.3. The molecule has 0 saturated carbocycles. The Hall–Kier alpha value is -7.69. The molecule has 0 saturated heterocycles. The summed E-state index contributed by atoms with van der Waals surface area (Å²) < 4.78 is 11.8. The van der Waals surface area contributed by atoms with E-state index in [2.05, 4.69) is 209 Å². The Morgan fingerprint density at radius 2 is 0.772 bits per heavy atom. The van der Waals surface area contributed by atoms with E-state index in [-0.39, 0.29) is 0 Å². The topological polar surface area (TPSA) is 35.9 Å². The van der Waals surface area contributed by atoms with Gasteiger partial charge in [0.25, 0.3) is 0 Å². The highest BCUT2D eigenvalue weighted by Crippen LogP contribution is 2.48. The third kappa shape index (κ3) is 4.77. The van der Waals surface area contributed by atoms with Crippen LogP contribution in [-0.2, 0) is 0 Å². The van der Waals surface area contributed by atoms with Gasteiger partial charge in [-0.05, 0) is 48.0 Å². The lowest BCUT2D eigenvalue weighted by Crippen LogP contribution is -2.05. The molecule has 0 radical (unpaired) electrons. The molecule has 0 unspecified atom stereocenters. The van der Waals surface area contributed by atoms with E-state index in [1.165, 1.54) is 21.5 Å². The van der Waals surface area contributed by atoms with Crippen molar-refractivity contribution in [3.8, 4) is 45.0 Å². The van der Waals surface area contributed by atoms with E-state index >= 15 is 0 Å². The van der Waals surface area contributed by atoms with Crippen molar-refractivity contribution >= 4 is 65.6 Å². The Morgan fingerprint density at radius 1 is 0.351 bits per heavy atom. The first kappa shape index (κ1) is 31.6. The Labute approximate surface area is 328 Å². The Bertz CT molecular complexity index is 3350. The van der Waals surface area contributed by atoms with Gasteiger partial charge >= 0.3 is 0 Å². The predicted octanol–water partition coefficient (Wildman–Crippen LogP) is 14.2. The van der Waals surface area contributed by atoms with E-state index in [0.717, 1.165) is 89.0 Å². The molecule has 0 spiro atoms. The number of fused-ring (bicyclic) bond motifs is 9. The van der Waals surface area contributed by atoms with Crippen LogP contribution in [0.3, 0.4) is 0 Å². The van der Waals surface area contributed by atoms with E-state index in [0.29, 0.717) is 0 Å². The minimum absolute atomic E-state index is 0.828. The lowest BCUT2D eigenvalue weighted by molar-refractivity contribution is 0.668. The second-order valence-electron chi connectivity index (χ2n) is 14.7. The molecule has 0 aliphatic rings. The van der Waals surface area contributed by atoms with Crippen LogP contribution in [0.1, 0.15) is 0 Å². The quantitative estimate of drug-likeness (QED) is 0.177. The maximum atomic E-state index is 6.92. The molecule has 8 aromatic carbocycles. The monoisotopic (exact) mass is 727 g/mol. The number of aromatic nitrogens is 3. The fraction of sp³-hybridized carbons (Fsp3) is 0. The maximum absolute atomic E-state index is 6.92. The Balaban J connectivity index is 1.35. The Morgan fingerprint density at radius 3 is 1.28 bits per heavy atom. The van der Waals surface area contributed by atoms with Crippen LogP contribution in [0.5, 0.6) is 0 Å². The van der Waals surface area contributed by atoms with Crippen molar-refractivity contribution in [3.05, 3.63) is 200 Å². The highest BCUT2D eigenvalue weighted by Gasteiger charge is 2.27. The second kappa shape index (κ2) is 12.4. The molecule has 0 amide bonds. The van der Waals surface area contributed by atoms with Crippen molar-refractivity contribution in [2.45, 2.75) is 0 Å². The van der Waals surface area contributed by atoms with Crippen molar-refractivity contribution in [2.24, 2.45) is 0 Å². The van der Waals surface area contributed by atoms with Gasteiger partial charge < -0.3 is 13.6 Å². The van der Waals surface area contributed by atoms with E-state index in [9.17, 15) is 0 Å². The largest absolute Gasteiger partial charge is 0.456 e. The van der Waals surface area contributed by atoms with Crippen LogP contribution in [0.2, 0.25) is 0 Å². The molecule has 266 valence electrons. The lowest BCUT2D eigenvalue weighted by Gasteiger charge is -2.22. The molecule has 12 rings (SSSR count). The van der Waals surface area contributed by atoms with Crippen LogP contribution < -0.4 is 0 Å². The van der Waals surface area contributed by atoms with E-state index in [1.807, 2.05) is 0 Å². The first-order chi connectivity index (χ1) is 28.3. The minimum atomic E-state index is 0.828. The average Bonchev–Trinajstić information content (AvgIpc) is 3.94. The molecule has 4 heterocycles. The fourth-order valence-corrected chi connectivity index (χ4v) is 9.07. The molecule has 0 bridgehead atoms. The van der Waals surface area contributed by atoms with Crippen LogP contribution in [0.25, 0.3) is 111 Å². The van der Waals surface area contributed by atoms with Crippen LogP contribution in [0.15, 0.2) is 205 Å². The van der Waals surface area contributed by atoms with E-state index < -0.39 is 0 Å². The van der Waals surface area contributed by atoms with Gasteiger partial charge in [-0.1, -0.05) is 152 Å². The number of pyridine rings is 1. The maximum Gasteiger partial charge on any atom is 0.139 e. The van der Waals surface area contributed by atoms with Gasteiger partial charge in [0.05, 0.1) is 50.2 Å². The summed E-state index contributed by atoms with van der Waals surface area (Å²) in [4.78, 5) is 5.35. The van der Waals surface area contributed by atoms with Crippen LogP contribution >= 0.6 is 0 Å². The van der Waals surface area contributed by atoms with Gasteiger partial charge in [-0.15, -0.1) is 0 Å². The number of benzene rings is 8. The van der Waals surface area contributed by atoms with Crippen molar-refractivity contribution in [1.29, 1.82) is 0 Å². The molecule has 0 atom stereocenters. The van der Waals surface area contributed by atoms with Gasteiger partial charge in [0.2, 0.25) is 0 Å². The van der Waals surface area contributed by atoms with Gasteiger partial charge in [-0.25, -0.2) is 4.98 Å². The SMILES string of the molecule is c1ccc(-c2cc(-c3c(-n4c5ccccc5c5ccccc54)cc4oc5ccccc5c4c3-n3c4ccccc4c4ccccc43)cc(-c3ccccc3)n2)cc1. The number of furan rings is 1. The first-order valence-corrected chi connectivity index (χ1v) is 19.4. The molecule has 4 heteroatoms. The smallest absolute Gasteiger partial charge is 0.139 e. The third-order valence-electron chi connectivity index (χ3n) is 11.5. The fourth-order valence-electron chi connectivity index (χ4n) is 9.07. The molecular formula is C53H33N3O. The molecule has 0 aliphatic carbocycles. The van der Waals surface area contributed by atoms with Gasteiger partial charge in [0.1, 0.15) is 11.2 Å². The third-order valence-corrected chi connectivity index (χ3v) is 11.5. The zero-order chi connectivity index (χ0) is 37.5. The molecule has 57 heavy (non-hydrogen) atoms. The summed E-state index contributed by atoms with van der Waals surface area (Å²) in [5, 5.41) is 6.94. The molecular weight excluding hydrogens is 695 g/mol. The summed E-state index contributed by atoms with van der Waals surface area (Å²) in [7, 11) is 0. The average molecular weight is 728 g/mol. The van der Waals surface area contributed by atoms with Crippen molar-refractivity contribution in [1.82, 2.24) is 14.1 Å². The minimum Gasteiger partial charge on any atom is -0.456 e. The number of hydrogen-bond donors (Lipinski definition) is 0. The first-order valence-electron chi connectivity index (χ1n) is 19.4. The summed E-state index contributed by atoms with van der Waals surface area (Å²) in [5.41, 5.74) is 14.4. The van der Waals surface area contributed by atoms with Gasteiger partial charge in [-0.3, -0.25) is 0 Å². The molecule has 0 N–H and O–H groups in total. The molecule has 4 aromatic heterocycles. The number of rotatable bonds is 5. The van der Waals surface area contributed by atoms with Crippen LogP contribution in [0, 0.1) is 0 Å². The molecule has 0 fully saturated rings. The van der Waals surface area contributed by atoms with E-state index in [4.69, 9.17) is 9.40 Å². The second-order valence-corrected chi connectivity index (χ2v) is 14.7. The lowest BCUT2D eigenvalue weighted by atomic mass is 9.94. The van der Waals surface area contributed by atoms with Crippen LogP contribution in [0.4, 0.5) is 0 Å². The van der Waals surface area contributed by atoms with Gasteiger partial charge in [-0.2, -0.15) is 0 Å². The zero-order valence-electron chi connectivity index (χ0n) is 30.8. The van der Waals surface area contributed by atoms with Crippen LogP contribution in [-0.4, -0.2) is 14.1 Å². The molecule has 4 nitrogen and oxygen atoms in total. The van der Waals surface area contributed by atoms with Gasteiger partial charge in [0.15, 0.2) is 0 Å². The van der Waals surface area contributed by atoms with Gasteiger partial charge in [0, 0.05) is 49.7 Å². The number of nitrogens with zero attached hydrogens (tertiary/aromatic N) is 3. The predicted molar refractivity (Wildman–Crippen MR) is 237 cm³/mol. The molecule has 12 aromatic rings. The van der Waals surface area contributed by atoms with Crippen molar-refractivity contribution < 1.29 is 4.42 Å². The number of hydrogen-bond acceptors (Lipinski definition) is 2. The standard InChI is InChI=1S/C53H33N3O/c1-3-17-34(18-4-1)42-31-36(32-43(54-42)35-19-5-2-6-20-35)51-48(55-44-26-12-7-21-37(44)38-22-8-13-27-45(38)55)33-50-52(41-25-11-16-30-49(41)57-50)53(51)56-46-28-14-9-23-39(46)40-24-10-15-29-47(40)56/h1-33H. The highest BCUT2D eigenvalue weighted by molar-refractivity contribution is 6.19. The summed E-state index contributed by atoms with van der Waals surface area (Å²) in [6, 6.07) is 71.3. The molecule has 0 aliphatic heterocycles. The van der Waals surface area contributed by atoms with Crippen molar-refractivity contribution in [2.75, 3.05) is 0 Å². The summed E-state index contributed by atoms with van der Waals surface area (Å²) >= 11 is 0. The summed E-state index contributed by atoms with van der Waals surface area (Å²) in [6.07, 6.45) is 0. The number of para-hydroxylation sites is 5. The normalized spacial score (nSPS) is 11.9. The Kier molecular flexibility index (Phi) is 6.89. The summed E-state index contributed by atoms with van der Waals surface area (Å²) in [5.74, 6) is 0. The van der Waals surface area contributed by atoms with Crippen molar-refractivity contribution in [3.63, 3.8) is 0 Å².